The number of carboxylic acids is 1. The van der Waals surface area contributed by atoms with E-state index in [1.165, 1.54) is 4.90 Å². The van der Waals surface area contributed by atoms with Gasteiger partial charge in [0.05, 0.1) is 30.8 Å². The smallest absolute Gasteiger partial charge is 0.407 e. The standard InChI is InChI=1S/C15H26O2.C13H22O3.C5H10N2O2.C2H4O2/c1-5-7-8-9-12(3)11-13-14(17-13)15(4,16)10-6-2;1-10-4-3-5-11(2)9-16-13(15)8-12(14)7-6-10;8-5(9)7-3-1-6-2-4-7;1-2(3)4/h5,7-9,12-14,16H,6,10-11H2,1-4H3;3,5,10-12,14H,4,6-9H2,1-2H3;6H,1-4H2,(H,8,9);1H3,(H,3,4)/b7-5-,9-8+;5-3+;;. The fourth-order valence-electron chi connectivity index (χ4n) is 4.95. The van der Waals surface area contributed by atoms with Gasteiger partial charge in [0.1, 0.15) is 6.10 Å². The molecule has 0 spiro atoms. The minimum atomic E-state index is -0.833. The molecule has 0 aromatic rings. The molecule has 7 atom stereocenters. The van der Waals surface area contributed by atoms with Crippen molar-refractivity contribution in [3.05, 3.63) is 36.5 Å². The van der Waals surface area contributed by atoms with Gasteiger partial charge in [-0.1, -0.05) is 70.6 Å². The molecule has 5 N–H and O–H groups in total. The van der Waals surface area contributed by atoms with Gasteiger partial charge in [-0.3, -0.25) is 9.59 Å². The van der Waals surface area contributed by atoms with Crippen molar-refractivity contribution in [3.63, 3.8) is 0 Å². The average Bonchev–Trinajstić information content (AvgIpc) is 3.76. The number of carbonyl (C=O) groups excluding carboxylic acids is 1. The minimum absolute atomic E-state index is 0.0417. The number of hydrogen-bond acceptors (Lipinski definition) is 8. The molecule has 3 heterocycles. The maximum atomic E-state index is 11.3. The molecule has 11 nitrogen and oxygen atoms in total. The number of rotatable bonds is 7. The number of hydrogen-bond donors (Lipinski definition) is 5. The van der Waals surface area contributed by atoms with Gasteiger partial charge in [-0.2, -0.15) is 0 Å². The van der Waals surface area contributed by atoms with Gasteiger partial charge >= 0.3 is 12.1 Å². The lowest BCUT2D eigenvalue weighted by atomic mass is 9.91. The number of carbonyl (C=O) groups is 3. The van der Waals surface area contributed by atoms with Crippen LogP contribution >= 0.6 is 0 Å². The molecule has 2 fully saturated rings. The number of nitrogens with zero attached hydrogens (tertiary/aromatic N) is 1. The number of cyclic esters (lactones) is 1. The van der Waals surface area contributed by atoms with Gasteiger partial charge in [0.15, 0.2) is 0 Å². The van der Waals surface area contributed by atoms with Crippen LogP contribution < -0.4 is 5.32 Å². The molecule has 0 aromatic heterocycles. The summed E-state index contributed by atoms with van der Waals surface area (Å²) in [6, 6.07) is 0. The zero-order valence-electron chi connectivity index (χ0n) is 29.2. The third-order valence-electron chi connectivity index (χ3n) is 7.59. The maximum Gasteiger partial charge on any atom is 0.407 e. The average molecular weight is 655 g/mol. The molecule has 3 aliphatic heterocycles. The molecule has 1 amide bonds. The molecular formula is C35H62N2O9. The lowest BCUT2D eigenvalue weighted by Crippen LogP contribution is -2.45. The highest BCUT2D eigenvalue weighted by molar-refractivity contribution is 5.69. The first-order valence-electron chi connectivity index (χ1n) is 16.7. The molecule has 3 aliphatic rings. The Bertz CT molecular complexity index is 940. The van der Waals surface area contributed by atoms with Gasteiger partial charge < -0.3 is 40.1 Å². The van der Waals surface area contributed by atoms with E-state index in [0.29, 0.717) is 38.0 Å². The zero-order chi connectivity index (χ0) is 35.1. The van der Waals surface area contributed by atoms with E-state index >= 15 is 0 Å². The largest absolute Gasteiger partial charge is 0.481 e. The van der Waals surface area contributed by atoms with Gasteiger partial charge in [-0.15, -0.1) is 0 Å². The number of aliphatic hydroxyl groups excluding tert-OH is 1. The van der Waals surface area contributed by atoms with Crippen LogP contribution in [0.25, 0.3) is 0 Å². The maximum absolute atomic E-state index is 11.3. The highest BCUT2D eigenvalue weighted by Gasteiger charge is 2.50. The first-order chi connectivity index (χ1) is 21.6. The van der Waals surface area contributed by atoms with Crippen LogP contribution in [-0.4, -0.2) is 100 Å². The van der Waals surface area contributed by atoms with Crippen molar-refractivity contribution in [2.45, 2.75) is 117 Å². The third-order valence-corrected chi connectivity index (χ3v) is 7.59. The Balaban J connectivity index is 0.000000645. The van der Waals surface area contributed by atoms with E-state index in [1.807, 2.05) is 32.9 Å². The number of nitrogens with one attached hydrogen (secondary N) is 1. The Kier molecular flexibility index (Phi) is 23.0. The van der Waals surface area contributed by atoms with E-state index in [1.54, 1.807) is 0 Å². The Morgan fingerprint density at radius 2 is 1.80 bits per heavy atom. The van der Waals surface area contributed by atoms with Crippen LogP contribution in [0.15, 0.2) is 36.5 Å². The number of esters is 1. The van der Waals surface area contributed by atoms with Crippen molar-refractivity contribution < 1.29 is 44.3 Å². The van der Waals surface area contributed by atoms with E-state index in [2.05, 4.69) is 50.4 Å². The summed E-state index contributed by atoms with van der Waals surface area (Å²) in [7, 11) is 0. The first-order valence-corrected chi connectivity index (χ1v) is 16.7. The van der Waals surface area contributed by atoms with Crippen LogP contribution in [0.3, 0.4) is 0 Å². The molecule has 0 radical (unpaired) electrons. The topological polar surface area (TPSA) is 169 Å². The van der Waals surface area contributed by atoms with E-state index < -0.39 is 23.8 Å². The summed E-state index contributed by atoms with van der Waals surface area (Å²) in [4.78, 5) is 32.0. The fraction of sp³-hybridized carbons (Fsp3) is 0.743. The molecular weight excluding hydrogens is 592 g/mol. The number of allylic oxidation sites excluding steroid dienone is 5. The highest BCUT2D eigenvalue weighted by atomic mass is 16.6. The van der Waals surface area contributed by atoms with Crippen molar-refractivity contribution in [1.82, 2.24) is 10.2 Å². The number of amides is 1. The van der Waals surface area contributed by atoms with Gasteiger partial charge in [-0.05, 0) is 57.8 Å². The Labute approximate surface area is 276 Å². The second-order valence-corrected chi connectivity index (χ2v) is 12.7. The number of epoxide rings is 1. The lowest BCUT2D eigenvalue weighted by Gasteiger charge is -2.23. The van der Waals surface area contributed by atoms with E-state index in [0.717, 1.165) is 52.1 Å². The zero-order valence-corrected chi connectivity index (χ0v) is 29.2. The van der Waals surface area contributed by atoms with E-state index in [-0.39, 0.29) is 30.5 Å². The van der Waals surface area contributed by atoms with Crippen molar-refractivity contribution in [2.24, 2.45) is 17.8 Å². The van der Waals surface area contributed by atoms with Crippen molar-refractivity contribution in [2.75, 3.05) is 32.8 Å². The van der Waals surface area contributed by atoms with Crippen LogP contribution in [0.5, 0.6) is 0 Å². The van der Waals surface area contributed by atoms with Crippen LogP contribution in [0.2, 0.25) is 0 Å². The summed E-state index contributed by atoms with van der Waals surface area (Å²) < 4.78 is 10.7. The second-order valence-electron chi connectivity index (χ2n) is 12.7. The summed E-state index contributed by atoms with van der Waals surface area (Å²) in [5.41, 5.74) is -0.647. The van der Waals surface area contributed by atoms with Gasteiger partial charge in [0, 0.05) is 39.0 Å². The van der Waals surface area contributed by atoms with E-state index in [9.17, 15) is 19.8 Å². The molecule has 266 valence electrons. The molecule has 11 heteroatoms. The van der Waals surface area contributed by atoms with Crippen LogP contribution in [-0.2, 0) is 19.1 Å². The van der Waals surface area contributed by atoms with Crippen molar-refractivity contribution in [1.29, 1.82) is 0 Å². The summed E-state index contributed by atoms with van der Waals surface area (Å²) in [5.74, 6) is 0.195. The molecule has 3 rings (SSSR count). The van der Waals surface area contributed by atoms with Crippen molar-refractivity contribution >= 4 is 18.0 Å². The predicted octanol–water partition coefficient (Wildman–Crippen LogP) is 5.42. The predicted molar refractivity (Wildman–Crippen MR) is 181 cm³/mol. The first kappa shape index (κ1) is 43.3. The minimum Gasteiger partial charge on any atom is -0.481 e. The Hall–Kier alpha value is -2.73. The number of carboxylic acid groups (broad SMARTS) is 2. The SMILES string of the molecule is C/C=C\C=C\C(C)CC1OC1C(C)(O)CCC.CC(=O)O.CC1/C=C/CC(C)CCC(O)CC(=O)OC1.O=C(O)N1CCNCC1. The monoisotopic (exact) mass is 654 g/mol. The molecule has 7 unspecified atom stereocenters. The van der Waals surface area contributed by atoms with Crippen LogP contribution in [0.1, 0.15) is 93.4 Å². The summed E-state index contributed by atoms with van der Waals surface area (Å²) in [6.07, 6.45) is 17.1. The number of aliphatic hydroxyl groups is 2. The number of ether oxygens (including phenoxy) is 2. The Morgan fingerprint density at radius 1 is 1.17 bits per heavy atom. The lowest BCUT2D eigenvalue weighted by molar-refractivity contribution is -0.146. The normalized spacial score (nSPS) is 27.8. The number of aliphatic carboxylic acids is 1. The van der Waals surface area contributed by atoms with Gasteiger partial charge in [0.25, 0.3) is 5.97 Å². The number of piperazine rings is 1. The fourth-order valence-corrected chi connectivity index (χ4v) is 4.95. The summed E-state index contributed by atoms with van der Waals surface area (Å²) >= 11 is 0. The van der Waals surface area contributed by atoms with E-state index in [4.69, 9.17) is 24.5 Å². The molecule has 0 aromatic carbocycles. The summed E-state index contributed by atoms with van der Waals surface area (Å²) in [5, 5.41) is 38.7. The quantitative estimate of drug-likeness (QED) is 0.103. The van der Waals surface area contributed by atoms with Crippen molar-refractivity contribution in [3.8, 4) is 0 Å². The van der Waals surface area contributed by atoms with Crippen LogP contribution in [0.4, 0.5) is 4.79 Å². The molecule has 0 bridgehead atoms. The Morgan fingerprint density at radius 3 is 2.35 bits per heavy atom. The van der Waals surface area contributed by atoms with Crippen LogP contribution in [0, 0.1) is 17.8 Å². The second kappa shape index (κ2) is 24.4. The third kappa shape index (κ3) is 22.7. The van der Waals surface area contributed by atoms with Gasteiger partial charge in [-0.25, -0.2) is 4.79 Å². The molecule has 46 heavy (non-hydrogen) atoms. The molecule has 0 aliphatic carbocycles. The molecule has 0 saturated carbocycles. The highest BCUT2D eigenvalue weighted by Crippen LogP contribution is 2.38. The summed E-state index contributed by atoms with van der Waals surface area (Å²) in [6.45, 7) is 16.7. The van der Waals surface area contributed by atoms with Gasteiger partial charge in [0.2, 0.25) is 0 Å². The molecule has 2 saturated heterocycles.